The van der Waals surface area contributed by atoms with Crippen LogP contribution in [0, 0.1) is 0 Å². The molecule has 23 heavy (non-hydrogen) atoms. The van der Waals surface area contributed by atoms with E-state index in [0.717, 1.165) is 17.5 Å². The molecule has 0 saturated heterocycles. The van der Waals surface area contributed by atoms with Gasteiger partial charge in [-0.15, -0.1) is 0 Å². The van der Waals surface area contributed by atoms with Crippen LogP contribution in [0.1, 0.15) is 41.8 Å². The molecule has 0 aliphatic rings. The Labute approximate surface area is 137 Å². The Kier molecular flexibility index (Phi) is 5.21. The highest BCUT2D eigenvalue weighted by Crippen LogP contribution is 2.15. The van der Waals surface area contributed by atoms with E-state index in [0.29, 0.717) is 18.5 Å². The van der Waals surface area contributed by atoms with E-state index in [1.165, 1.54) is 0 Å². The van der Waals surface area contributed by atoms with Gasteiger partial charge in [0.2, 0.25) is 0 Å². The van der Waals surface area contributed by atoms with Crippen molar-refractivity contribution >= 4 is 5.91 Å². The molecule has 0 unspecified atom stereocenters. The summed E-state index contributed by atoms with van der Waals surface area (Å²) < 4.78 is 1.73. The van der Waals surface area contributed by atoms with E-state index in [4.69, 9.17) is 0 Å². The van der Waals surface area contributed by atoms with Gasteiger partial charge < -0.3 is 10.0 Å². The standard InChI is InChI=1S/C18H25N3O2/c1-18(2,23)9-8-14-6-5-7-16(10-14)17(22)20(3)12-15-11-19-21(4)13-15/h5-7,10-11,13,23H,8-9,12H2,1-4H3. The number of hydrogen-bond donors (Lipinski definition) is 1. The molecule has 0 spiro atoms. The molecule has 2 aromatic rings. The lowest BCUT2D eigenvalue weighted by Crippen LogP contribution is -2.26. The number of aryl methyl sites for hydroxylation is 2. The number of amides is 1. The molecule has 0 atom stereocenters. The zero-order valence-corrected chi connectivity index (χ0v) is 14.3. The number of nitrogens with zero attached hydrogens (tertiary/aromatic N) is 3. The van der Waals surface area contributed by atoms with Gasteiger partial charge in [-0.2, -0.15) is 5.10 Å². The van der Waals surface area contributed by atoms with Gasteiger partial charge in [-0.1, -0.05) is 12.1 Å². The van der Waals surface area contributed by atoms with E-state index < -0.39 is 5.60 Å². The number of aromatic nitrogens is 2. The summed E-state index contributed by atoms with van der Waals surface area (Å²) in [5, 5.41) is 13.9. The molecule has 1 heterocycles. The van der Waals surface area contributed by atoms with Crippen molar-refractivity contribution in [3.05, 3.63) is 53.3 Å². The first-order valence-corrected chi connectivity index (χ1v) is 7.79. The van der Waals surface area contributed by atoms with Crippen LogP contribution >= 0.6 is 0 Å². The van der Waals surface area contributed by atoms with E-state index in [1.807, 2.05) is 37.5 Å². The van der Waals surface area contributed by atoms with Gasteiger partial charge in [0.15, 0.2) is 0 Å². The molecule has 0 fully saturated rings. The van der Waals surface area contributed by atoms with Crippen LogP contribution in [0.3, 0.4) is 0 Å². The largest absolute Gasteiger partial charge is 0.390 e. The molecule has 2 rings (SSSR count). The first-order valence-electron chi connectivity index (χ1n) is 7.79. The van der Waals surface area contributed by atoms with Gasteiger partial charge in [-0.25, -0.2) is 0 Å². The van der Waals surface area contributed by atoms with Crippen molar-refractivity contribution in [1.82, 2.24) is 14.7 Å². The smallest absolute Gasteiger partial charge is 0.253 e. The van der Waals surface area contributed by atoms with Crippen LogP contribution in [0.15, 0.2) is 36.7 Å². The molecule has 1 aromatic carbocycles. The lowest BCUT2D eigenvalue weighted by molar-refractivity contribution is 0.0714. The molecule has 0 aliphatic carbocycles. The molecule has 1 N–H and O–H groups in total. The first-order chi connectivity index (χ1) is 10.7. The van der Waals surface area contributed by atoms with Gasteiger partial charge in [0.05, 0.1) is 11.8 Å². The van der Waals surface area contributed by atoms with Crippen LogP contribution in [0.2, 0.25) is 0 Å². The first kappa shape index (κ1) is 17.2. The van der Waals surface area contributed by atoms with Crippen LogP contribution in [0.25, 0.3) is 0 Å². The van der Waals surface area contributed by atoms with Gasteiger partial charge in [-0.3, -0.25) is 9.48 Å². The van der Waals surface area contributed by atoms with Crippen molar-refractivity contribution in [2.75, 3.05) is 7.05 Å². The number of rotatable bonds is 6. The Morgan fingerprint density at radius 1 is 1.35 bits per heavy atom. The van der Waals surface area contributed by atoms with Crippen molar-refractivity contribution in [3.63, 3.8) is 0 Å². The summed E-state index contributed by atoms with van der Waals surface area (Å²) in [6.07, 6.45) is 5.08. The fourth-order valence-corrected chi connectivity index (χ4v) is 2.43. The maximum atomic E-state index is 12.6. The van der Waals surface area contributed by atoms with Gasteiger partial charge >= 0.3 is 0 Å². The summed E-state index contributed by atoms with van der Waals surface area (Å²) in [6, 6.07) is 7.62. The van der Waals surface area contributed by atoms with E-state index in [-0.39, 0.29) is 5.91 Å². The van der Waals surface area contributed by atoms with Crippen LogP contribution in [0.4, 0.5) is 0 Å². The van der Waals surface area contributed by atoms with Crippen molar-refractivity contribution in [3.8, 4) is 0 Å². The lowest BCUT2D eigenvalue weighted by atomic mass is 9.98. The monoisotopic (exact) mass is 315 g/mol. The highest BCUT2D eigenvalue weighted by Gasteiger charge is 2.15. The SMILES string of the molecule is CN(Cc1cnn(C)c1)C(=O)c1cccc(CCC(C)(C)O)c1. The summed E-state index contributed by atoms with van der Waals surface area (Å²) in [7, 11) is 3.65. The third-order valence-corrected chi connectivity index (χ3v) is 3.72. The van der Waals surface area contributed by atoms with Gasteiger partial charge in [0.25, 0.3) is 5.91 Å². The second kappa shape index (κ2) is 6.96. The molecule has 0 bridgehead atoms. The summed E-state index contributed by atoms with van der Waals surface area (Å²) in [5.74, 6) is -0.0149. The topological polar surface area (TPSA) is 58.4 Å². The van der Waals surface area contributed by atoms with Crippen molar-refractivity contribution < 1.29 is 9.90 Å². The lowest BCUT2D eigenvalue weighted by Gasteiger charge is -2.18. The highest BCUT2D eigenvalue weighted by atomic mass is 16.3. The predicted molar refractivity (Wildman–Crippen MR) is 90.1 cm³/mol. The summed E-state index contributed by atoms with van der Waals surface area (Å²) in [4.78, 5) is 14.2. The van der Waals surface area contributed by atoms with Crippen LogP contribution in [-0.2, 0) is 20.0 Å². The number of hydrogen-bond acceptors (Lipinski definition) is 3. The third kappa shape index (κ3) is 5.21. The van der Waals surface area contributed by atoms with Crippen LogP contribution in [0.5, 0.6) is 0 Å². The average molecular weight is 315 g/mol. The van der Waals surface area contributed by atoms with Gasteiger partial charge in [0.1, 0.15) is 0 Å². The molecule has 124 valence electrons. The number of benzene rings is 1. The van der Waals surface area contributed by atoms with Gasteiger partial charge in [0, 0.05) is 38.0 Å². The fourth-order valence-electron chi connectivity index (χ4n) is 2.43. The maximum Gasteiger partial charge on any atom is 0.253 e. The molecule has 0 saturated carbocycles. The van der Waals surface area contributed by atoms with E-state index in [1.54, 1.807) is 36.7 Å². The molecule has 5 nitrogen and oxygen atoms in total. The van der Waals surface area contributed by atoms with Crippen molar-refractivity contribution in [2.45, 2.75) is 38.8 Å². The molecule has 0 radical (unpaired) electrons. The Hall–Kier alpha value is -2.14. The second-order valence-electron chi connectivity index (χ2n) is 6.70. The molecule has 0 aliphatic heterocycles. The Balaban J connectivity index is 2.03. The molecular formula is C18H25N3O2. The Bertz CT molecular complexity index is 671. The van der Waals surface area contributed by atoms with Crippen molar-refractivity contribution in [1.29, 1.82) is 0 Å². The number of aliphatic hydroxyl groups is 1. The van der Waals surface area contributed by atoms with Crippen LogP contribution < -0.4 is 0 Å². The summed E-state index contributed by atoms with van der Waals surface area (Å²) in [5.41, 5.74) is 2.04. The second-order valence-corrected chi connectivity index (χ2v) is 6.70. The maximum absolute atomic E-state index is 12.6. The van der Waals surface area contributed by atoms with Crippen molar-refractivity contribution in [2.24, 2.45) is 7.05 Å². The molecular weight excluding hydrogens is 290 g/mol. The summed E-state index contributed by atoms with van der Waals surface area (Å²) >= 11 is 0. The van der Waals surface area contributed by atoms with E-state index in [9.17, 15) is 9.90 Å². The minimum absolute atomic E-state index is 0.0149. The zero-order chi connectivity index (χ0) is 17.0. The quantitative estimate of drug-likeness (QED) is 0.890. The van der Waals surface area contributed by atoms with Crippen LogP contribution in [-0.4, -0.2) is 38.3 Å². The molecule has 5 heteroatoms. The summed E-state index contributed by atoms with van der Waals surface area (Å²) in [6.45, 7) is 4.12. The number of carbonyl (C=O) groups excluding carboxylic acids is 1. The normalized spacial score (nSPS) is 11.5. The fraction of sp³-hybridized carbons (Fsp3) is 0.444. The Morgan fingerprint density at radius 3 is 2.70 bits per heavy atom. The van der Waals surface area contributed by atoms with Gasteiger partial charge in [-0.05, 0) is 44.4 Å². The highest BCUT2D eigenvalue weighted by molar-refractivity contribution is 5.94. The Morgan fingerprint density at radius 2 is 2.09 bits per heavy atom. The average Bonchev–Trinajstić information content (AvgIpc) is 2.89. The molecule has 1 amide bonds. The minimum atomic E-state index is -0.697. The van der Waals surface area contributed by atoms with E-state index in [2.05, 4.69) is 5.10 Å². The minimum Gasteiger partial charge on any atom is -0.390 e. The van der Waals surface area contributed by atoms with E-state index >= 15 is 0 Å². The zero-order valence-electron chi connectivity index (χ0n) is 14.3. The number of carbonyl (C=O) groups is 1. The molecule has 1 aromatic heterocycles. The third-order valence-electron chi connectivity index (χ3n) is 3.72. The predicted octanol–water partition coefficient (Wildman–Crippen LogP) is 2.40.